The fourth-order valence-electron chi connectivity index (χ4n) is 8.55. The van der Waals surface area contributed by atoms with Crippen LogP contribution in [0.1, 0.15) is 44.9 Å². The molecule has 0 unspecified atom stereocenters. The molecule has 0 saturated heterocycles. The lowest BCUT2D eigenvalue weighted by Crippen LogP contribution is -2.43. The van der Waals surface area contributed by atoms with Gasteiger partial charge in [-0.1, -0.05) is 152 Å². The lowest BCUT2D eigenvalue weighted by Gasteiger charge is -2.51. The van der Waals surface area contributed by atoms with Crippen LogP contribution >= 0.6 is 0 Å². The van der Waals surface area contributed by atoms with E-state index in [0.29, 0.717) is 11.3 Å². The Bertz CT molecular complexity index is 2370. The zero-order valence-corrected chi connectivity index (χ0v) is 26.3. The van der Waals surface area contributed by atoms with Crippen LogP contribution in [0.3, 0.4) is 0 Å². The normalized spacial score (nSPS) is 16.8. The standard InChI is InChI=1S/C44H29FN2O2/c45-42-31(20-12-26-40(42)47(48)49)29-15-3-1-13-27(29)28-14-2-4-16-30(28)32-21-11-25-39(43(32)46)44-36-22-8-5-17-33(36)41(34-18-6-9-23-37(34)44)35-19-7-10-24-38(35)44/h1-26,41H,46H2. The van der Waals surface area contributed by atoms with E-state index in [2.05, 4.69) is 84.9 Å². The quantitative estimate of drug-likeness (QED) is 0.116. The third kappa shape index (κ3) is 3.96. The smallest absolute Gasteiger partial charge is 0.305 e. The number of nitrogens with zero attached hydrogens (tertiary/aromatic N) is 1. The molecular weight excluding hydrogens is 607 g/mol. The molecule has 0 radical (unpaired) electrons. The van der Waals surface area contributed by atoms with Gasteiger partial charge in [-0.2, -0.15) is 4.39 Å². The molecule has 7 aromatic rings. The Kier molecular flexibility index (Phi) is 6.40. The maximum atomic E-state index is 15.6. The topological polar surface area (TPSA) is 69.2 Å². The fraction of sp³-hybridized carbons (Fsp3) is 0.0455. The number of anilines is 1. The van der Waals surface area contributed by atoms with E-state index < -0.39 is 21.8 Å². The Balaban J connectivity index is 1.31. The van der Waals surface area contributed by atoms with Crippen LogP contribution in [0.4, 0.5) is 15.8 Å². The predicted molar refractivity (Wildman–Crippen MR) is 193 cm³/mol. The molecule has 10 rings (SSSR count). The Morgan fingerprint density at radius 2 is 0.857 bits per heavy atom. The number of nitro groups is 1. The molecule has 0 heterocycles. The van der Waals surface area contributed by atoms with Crippen molar-refractivity contribution in [2.45, 2.75) is 11.3 Å². The van der Waals surface area contributed by atoms with Gasteiger partial charge in [0.1, 0.15) is 0 Å². The van der Waals surface area contributed by atoms with Crippen LogP contribution in [0.25, 0.3) is 33.4 Å². The van der Waals surface area contributed by atoms with Crippen molar-refractivity contribution in [2.24, 2.45) is 0 Å². The Morgan fingerprint density at radius 3 is 1.37 bits per heavy atom. The van der Waals surface area contributed by atoms with Gasteiger partial charge in [0, 0.05) is 28.8 Å². The maximum Gasteiger partial charge on any atom is 0.305 e. The molecule has 49 heavy (non-hydrogen) atoms. The summed E-state index contributed by atoms with van der Waals surface area (Å²) in [6.07, 6.45) is 0. The lowest BCUT2D eigenvalue weighted by molar-refractivity contribution is -0.387. The number of nitrogen functional groups attached to an aromatic ring is 1. The number of nitrogens with two attached hydrogens (primary N) is 1. The van der Waals surface area contributed by atoms with Crippen molar-refractivity contribution in [3.8, 4) is 33.4 Å². The van der Waals surface area contributed by atoms with E-state index in [-0.39, 0.29) is 11.5 Å². The summed E-state index contributed by atoms with van der Waals surface area (Å²) in [6, 6.07) is 52.2. The highest BCUT2D eigenvalue weighted by Gasteiger charge is 2.53. The predicted octanol–water partition coefficient (Wildman–Crippen LogP) is 10.5. The van der Waals surface area contributed by atoms with Gasteiger partial charge < -0.3 is 5.73 Å². The highest BCUT2D eigenvalue weighted by molar-refractivity contribution is 5.96. The summed E-state index contributed by atoms with van der Waals surface area (Å²) in [5.41, 5.74) is 19.6. The van der Waals surface area contributed by atoms with Crippen molar-refractivity contribution >= 4 is 11.4 Å². The SMILES string of the molecule is Nc1c(-c2ccccc2-c2ccccc2-c2cccc([N+](=O)[O-])c2F)cccc1C12c3ccccc3C(c3ccccc31)c1ccccc12. The summed E-state index contributed by atoms with van der Waals surface area (Å²) >= 11 is 0. The summed E-state index contributed by atoms with van der Waals surface area (Å²) in [5.74, 6) is -0.719. The minimum Gasteiger partial charge on any atom is -0.398 e. The molecular formula is C44H29FN2O2. The lowest BCUT2D eigenvalue weighted by atomic mass is 9.50. The number of hydrogen-bond acceptors (Lipinski definition) is 3. The van der Waals surface area contributed by atoms with Crippen LogP contribution in [0.5, 0.6) is 0 Å². The maximum absolute atomic E-state index is 15.6. The molecule has 0 aromatic heterocycles. The highest BCUT2D eigenvalue weighted by Crippen LogP contribution is 2.62. The highest BCUT2D eigenvalue weighted by atomic mass is 19.1. The van der Waals surface area contributed by atoms with Crippen molar-refractivity contribution in [3.05, 3.63) is 213 Å². The number of nitro benzene ring substituents is 1. The first-order valence-electron chi connectivity index (χ1n) is 16.3. The van der Waals surface area contributed by atoms with Gasteiger partial charge in [0.05, 0.1) is 10.3 Å². The minimum atomic E-state index is -0.859. The molecule has 3 aliphatic rings. The van der Waals surface area contributed by atoms with Gasteiger partial charge in [-0.3, -0.25) is 10.1 Å². The third-order valence-electron chi connectivity index (χ3n) is 10.4. The monoisotopic (exact) mass is 636 g/mol. The van der Waals surface area contributed by atoms with E-state index in [4.69, 9.17) is 5.73 Å². The molecule has 2 bridgehead atoms. The Labute approximate surface area is 283 Å². The minimum absolute atomic E-state index is 0.140. The second-order valence-electron chi connectivity index (χ2n) is 12.7. The van der Waals surface area contributed by atoms with Crippen LogP contribution < -0.4 is 5.73 Å². The van der Waals surface area contributed by atoms with E-state index in [1.165, 1.54) is 45.5 Å². The molecule has 3 aliphatic carbocycles. The number of rotatable bonds is 5. The average molecular weight is 637 g/mol. The van der Waals surface area contributed by atoms with Gasteiger partial charge in [-0.15, -0.1) is 0 Å². The van der Waals surface area contributed by atoms with Gasteiger partial charge in [-0.25, -0.2) is 0 Å². The molecule has 0 amide bonds. The van der Waals surface area contributed by atoms with Crippen molar-refractivity contribution in [3.63, 3.8) is 0 Å². The fourth-order valence-corrected chi connectivity index (χ4v) is 8.55. The van der Waals surface area contributed by atoms with E-state index in [1.807, 2.05) is 48.5 Å². The summed E-state index contributed by atoms with van der Waals surface area (Å²) < 4.78 is 15.6. The summed E-state index contributed by atoms with van der Waals surface area (Å²) in [7, 11) is 0. The number of benzene rings is 7. The van der Waals surface area contributed by atoms with Crippen molar-refractivity contribution in [1.82, 2.24) is 0 Å². The number of halogens is 1. The third-order valence-corrected chi connectivity index (χ3v) is 10.4. The second kappa shape index (κ2) is 10.9. The van der Waals surface area contributed by atoms with E-state index in [1.54, 1.807) is 12.1 Å². The first kappa shape index (κ1) is 28.9. The van der Waals surface area contributed by atoms with Crippen LogP contribution in [-0.2, 0) is 5.41 Å². The van der Waals surface area contributed by atoms with E-state index in [0.717, 1.165) is 27.8 Å². The molecule has 234 valence electrons. The van der Waals surface area contributed by atoms with Crippen LogP contribution in [0.15, 0.2) is 158 Å². The van der Waals surface area contributed by atoms with Gasteiger partial charge in [0.25, 0.3) is 0 Å². The van der Waals surface area contributed by atoms with E-state index >= 15 is 4.39 Å². The molecule has 4 nitrogen and oxygen atoms in total. The van der Waals surface area contributed by atoms with Crippen molar-refractivity contribution in [2.75, 3.05) is 5.73 Å². The zero-order valence-electron chi connectivity index (χ0n) is 26.3. The molecule has 5 heteroatoms. The van der Waals surface area contributed by atoms with Gasteiger partial charge in [0.15, 0.2) is 0 Å². The number of hydrogen-bond donors (Lipinski definition) is 1. The largest absolute Gasteiger partial charge is 0.398 e. The van der Waals surface area contributed by atoms with Crippen molar-refractivity contribution in [1.29, 1.82) is 0 Å². The Morgan fingerprint density at radius 1 is 0.490 bits per heavy atom. The first-order chi connectivity index (χ1) is 24.0. The first-order valence-corrected chi connectivity index (χ1v) is 16.3. The van der Waals surface area contributed by atoms with Crippen molar-refractivity contribution < 1.29 is 9.31 Å². The zero-order chi connectivity index (χ0) is 33.3. The van der Waals surface area contributed by atoms with Crippen LogP contribution in [0.2, 0.25) is 0 Å². The van der Waals surface area contributed by atoms with Gasteiger partial charge in [0.2, 0.25) is 5.82 Å². The molecule has 7 aromatic carbocycles. The van der Waals surface area contributed by atoms with Gasteiger partial charge >= 0.3 is 5.69 Å². The summed E-state index contributed by atoms with van der Waals surface area (Å²) in [6.45, 7) is 0. The molecule has 0 spiro atoms. The summed E-state index contributed by atoms with van der Waals surface area (Å²) in [5, 5.41) is 11.6. The molecule has 0 saturated carbocycles. The van der Waals surface area contributed by atoms with Crippen LogP contribution in [0, 0.1) is 15.9 Å². The average Bonchev–Trinajstić information content (AvgIpc) is 3.15. The molecule has 0 aliphatic heterocycles. The van der Waals surface area contributed by atoms with Crippen LogP contribution in [-0.4, -0.2) is 4.92 Å². The molecule has 2 N–H and O–H groups in total. The Hall–Kier alpha value is -6.33. The van der Waals surface area contributed by atoms with E-state index in [9.17, 15) is 10.1 Å². The molecule has 0 fully saturated rings. The van der Waals surface area contributed by atoms with Gasteiger partial charge in [-0.05, 0) is 61.2 Å². The summed E-state index contributed by atoms with van der Waals surface area (Å²) in [4.78, 5) is 10.9. The number of para-hydroxylation sites is 1. The second-order valence-corrected chi connectivity index (χ2v) is 12.7. The molecule has 0 atom stereocenters.